The number of aryl methyl sites for hydroxylation is 1. The van der Waals surface area contributed by atoms with Crippen molar-refractivity contribution in [2.24, 2.45) is 5.92 Å². The van der Waals surface area contributed by atoms with E-state index in [2.05, 4.69) is 28.9 Å². The molecular weight excluding hydrogens is 317 g/mol. The second-order valence-electron chi connectivity index (χ2n) is 7.12. The first-order valence-electron chi connectivity index (χ1n) is 9.19. The normalized spacial score (nSPS) is 28.1. The van der Waals surface area contributed by atoms with Gasteiger partial charge < -0.3 is 4.74 Å². The fraction of sp³-hybridized carbons (Fsp3) is 0.500. The summed E-state index contributed by atoms with van der Waals surface area (Å²) in [6, 6.07) is 9.16. The second kappa shape index (κ2) is 6.71. The first-order valence-corrected chi connectivity index (χ1v) is 9.19. The number of rotatable bonds is 4. The monoisotopic (exact) mass is 341 g/mol. The summed E-state index contributed by atoms with van der Waals surface area (Å²) in [5.74, 6) is 0.854. The van der Waals surface area contributed by atoms with Crippen LogP contribution in [0.5, 0.6) is 5.88 Å². The van der Waals surface area contributed by atoms with Crippen molar-refractivity contribution in [3.05, 3.63) is 41.7 Å². The largest absolute Gasteiger partial charge is 0.471 e. The minimum Gasteiger partial charge on any atom is -0.471 e. The Balaban J connectivity index is 1.53. The Morgan fingerprint density at radius 1 is 1.16 bits per heavy atom. The number of fused-ring (bicyclic) bond motifs is 3. The van der Waals surface area contributed by atoms with Gasteiger partial charge in [0.05, 0.1) is 5.69 Å². The van der Waals surface area contributed by atoms with Crippen LogP contribution >= 0.6 is 0 Å². The Bertz CT molecular complexity index is 739. The van der Waals surface area contributed by atoms with Crippen molar-refractivity contribution in [3.8, 4) is 17.1 Å². The summed E-state index contributed by atoms with van der Waals surface area (Å²) in [6.45, 7) is 6.62. The van der Waals surface area contributed by atoms with Gasteiger partial charge in [-0.2, -0.15) is 0 Å². The Kier molecular flexibility index (Phi) is 4.42. The van der Waals surface area contributed by atoms with E-state index in [9.17, 15) is 4.39 Å². The maximum atomic E-state index is 14.1. The van der Waals surface area contributed by atoms with E-state index in [4.69, 9.17) is 4.74 Å². The molecule has 0 aliphatic carbocycles. The van der Waals surface area contributed by atoms with E-state index in [1.165, 1.54) is 32.0 Å². The lowest BCUT2D eigenvalue weighted by Gasteiger charge is -2.48. The second-order valence-corrected chi connectivity index (χ2v) is 7.12. The summed E-state index contributed by atoms with van der Waals surface area (Å²) in [4.78, 5) is 2.48. The molecule has 4 heterocycles. The van der Waals surface area contributed by atoms with Gasteiger partial charge in [-0.1, -0.05) is 13.0 Å². The van der Waals surface area contributed by atoms with Crippen LogP contribution in [0.25, 0.3) is 11.3 Å². The molecule has 2 bridgehead atoms. The maximum Gasteiger partial charge on any atom is 0.233 e. The smallest absolute Gasteiger partial charge is 0.233 e. The van der Waals surface area contributed by atoms with Crippen LogP contribution in [0.4, 0.5) is 4.39 Å². The predicted octanol–water partition coefficient (Wildman–Crippen LogP) is 3.71. The number of piperidine rings is 3. The van der Waals surface area contributed by atoms with Gasteiger partial charge in [-0.3, -0.25) is 4.90 Å². The quantitative estimate of drug-likeness (QED) is 0.850. The molecule has 25 heavy (non-hydrogen) atoms. The van der Waals surface area contributed by atoms with Crippen molar-refractivity contribution in [2.45, 2.75) is 45.3 Å². The summed E-state index contributed by atoms with van der Waals surface area (Å²) in [5.41, 5.74) is 2.12. The van der Waals surface area contributed by atoms with Gasteiger partial charge in [-0.05, 0) is 69.0 Å². The van der Waals surface area contributed by atoms with Gasteiger partial charge in [0.2, 0.25) is 5.88 Å². The zero-order chi connectivity index (χ0) is 17.4. The lowest BCUT2D eigenvalue weighted by atomic mass is 9.81. The lowest BCUT2D eigenvalue weighted by molar-refractivity contribution is -0.0528. The van der Waals surface area contributed by atoms with Gasteiger partial charge in [0.1, 0.15) is 11.9 Å². The standard InChI is InChI=1S/C20H24FN3O/c1-3-14-4-5-17(21)16(12-14)18-6-7-19(23-22-18)25-20-13(2)24-10-8-15(20)9-11-24/h4-7,12-13,15,20H,3,8-11H2,1-2H3. The molecule has 4 nitrogen and oxygen atoms in total. The number of hydrogen-bond donors (Lipinski definition) is 0. The van der Waals surface area contributed by atoms with Gasteiger partial charge in [0.15, 0.2) is 0 Å². The highest BCUT2D eigenvalue weighted by Crippen LogP contribution is 2.34. The van der Waals surface area contributed by atoms with E-state index >= 15 is 0 Å². The number of ether oxygens (including phenoxy) is 1. The molecule has 0 N–H and O–H groups in total. The Hall–Kier alpha value is -2.01. The number of hydrogen-bond acceptors (Lipinski definition) is 4. The van der Waals surface area contributed by atoms with E-state index in [0.717, 1.165) is 12.0 Å². The summed E-state index contributed by atoms with van der Waals surface area (Å²) >= 11 is 0. The third kappa shape index (κ3) is 3.13. The zero-order valence-electron chi connectivity index (χ0n) is 14.8. The molecule has 2 unspecified atom stereocenters. The summed E-state index contributed by atoms with van der Waals surface area (Å²) < 4.78 is 20.3. The average Bonchev–Trinajstić information content (AvgIpc) is 2.66. The lowest BCUT2D eigenvalue weighted by Crippen LogP contribution is -2.58. The number of nitrogens with zero attached hydrogens (tertiary/aromatic N) is 3. The van der Waals surface area contributed by atoms with Gasteiger partial charge in [0.25, 0.3) is 0 Å². The minimum absolute atomic E-state index is 0.169. The van der Waals surface area contributed by atoms with Crippen molar-refractivity contribution in [2.75, 3.05) is 13.1 Å². The van der Waals surface area contributed by atoms with Gasteiger partial charge in [0, 0.05) is 17.7 Å². The third-order valence-corrected chi connectivity index (χ3v) is 5.70. The topological polar surface area (TPSA) is 38.2 Å². The molecule has 1 aromatic carbocycles. The molecule has 0 spiro atoms. The summed E-state index contributed by atoms with van der Waals surface area (Å²) in [6.07, 6.45) is 3.41. The van der Waals surface area contributed by atoms with E-state index in [1.807, 2.05) is 12.1 Å². The molecule has 132 valence electrons. The fourth-order valence-corrected chi connectivity index (χ4v) is 4.11. The van der Waals surface area contributed by atoms with Crippen LogP contribution in [0.1, 0.15) is 32.3 Å². The Morgan fingerprint density at radius 2 is 1.96 bits per heavy atom. The van der Waals surface area contributed by atoms with Crippen molar-refractivity contribution >= 4 is 0 Å². The number of halogens is 1. The zero-order valence-corrected chi connectivity index (χ0v) is 14.8. The molecule has 3 aliphatic rings. The molecule has 0 radical (unpaired) electrons. The van der Waals surface area contributed by atoms with Crippen molar-refractivity contribution in [3.63, 3.8) is 0 Å². The maximum absolute atomic E-state index is 14.1. The Labute approximate surface area is 148 Å². The molecule has 5 heteroatoms. The average molecular weight is 341 g/mol. The van der Waals surface area contributed by atoms with E-state index in [-0.39, 0.29) is 11.9 Å². The predicted molar refractivity (Wildman–Crippen MR) is 95.0 cm³/mol. The summed E-state index contributed by atoms with van der Waals surface area (Å²) in [5, 5.41) is 8.42. The van der Waals surface area contributed by atoms with Crippen LogP contribution in [0.3, 0.4) is 0 Å². The molecule has 3 fully saturated rings. The molecule has 0 amide bonds. The summed E-state index contributed by atoms with van der Waals surface area (Å²) in [7, 11) is 0. The van der Waals surface area contributed by atoms with Crippen LogP contribution in [0.15, 0.2) is 30.3 Å². The Morgan fingerprint density at radius 3 is 2.60 bits per heavy atom. The van der Waals surface area contributed by atoms with E-state index in [0.29, 0.717) is 29.1 Å². The van der Waals surface area contributed by atoms with Crippen molar-refractivity contribution in [1.82, 2.24) is 15.1 Å². The highest BCUT2D eigenvalue weighted by Gasteiger charge is 2.41. The first-order chi connectivity index (χ1) is 12.2. The fourth-order valence-electron chi connectivity index (χ4n) is 4.11. The minimum atomic E-state index is -0.272. The van der Waals surface area contributed by atoms with Crippen LogP contribution in [0, 0.1) is 11.7 Å². The van der Waals surface area contributed by atoms with Crippen LogP contribution < -0.4 is 4.74 Å². The van der Waals surface area contributed by atoms with Crippen LogP contribution in [0.2, 0.25) is 0 Å². The highest BCUT2D eigenvalue weighted by atomic mass is 19.1. The first kappa shape index (κ1) is 16.5. The SMILES string of the molecule is CCc1ccc(F)c(-c2ccc(OC3C4CCN(CC4)C3C)nn2)c1. The molecule has 3 saturated heterocycles. The van der Waals surface area contributed by atoms with E-state index < -0.39 is 0 Å². The van der Waals surface area contributed by atoms with E-state index in [1.54, 1.807) is 12.1 Å². The molecule has 3 aliphatic heterocycles. The van der Waals surface area contributed by atoms with Crippen molar-refractivity contribution in [1.29, 1.82) is 0 Å². The third-order valence-electron chi connectivity index (χ3n) is 5.70. The van der Waals surface area contributed by atoms with Gasteiger partial charge in [-0.15, -0.1) is 10.2 Å². The number of aromatic nitrogens is 2. The van der Waals surface area contributed by atoms with Crippen LogP contribution in [-0.2, 0) is 6.42 Å². The van der Waals surface area contributed by atoms with Gasteiger partial charge in [-0.25, -0.2) is 4.39 Å². The van der Waals surface area contributed by atoms with Crippen LogP contribution in [-0.4, -0.2) is 40.3 Å². The van der Waals surface area contributed by atoms with Gasteiger partial charge >= 0.3 is 0 Å². The molecule has 2 atom stereocenters. The molecular formula is C20H24FN3O. The molecule has 5 rings (SSSR count). The highest BCUT2D eigenvalue weighted by molar-refractivity contribution is 5.60. The number of benzene rings is 1. The molecule has 0 saturated carbocycles. The molecule has 1 aromatic heterocycles. The molecule has 2 aromatic rings. The van der Waals surface area contributed by atoms with Crippen molar-refractivity contribution < 1.29 is 9.13 Å².